The SMILES string of the molecule is COc1ccc2cc(C(=O)Nc3ccc(C(=N)N)cc3)c(-c3ccccc3C(=O)O)cc2c1.CS(=O)(=O)O. The van der Waals surface area contributed by atoms with Crippen molar-refractivity contribution in [2.24, 2.45) is 5.73 Å². The number of amides is 1. The van der Waals surface area contributed by atoms with Gasteiger partial charge in [0.15, 0.2) is 0 Å². The van der Waals surface area contributed by atoms with Crippen LogP contribution in [0.1, 0.15) is 26.3 Å². The van der Waals surface area contributed by atoms with Crippen molar-refractivity contribution in [2.75, 3.05) is 18.7 Å². The van der Waals surface area contributed by atoms with Crippen LogP contribution in [0.15, 0.2) is 78.9 Å². The number of fused-ring (bicyclic) bond motifs is 1. The fourth-order valence-electron chi connectivity index (χ4n) is 3.65. The number of carboxylic acid groups (broad SMARTS) is 1. The summed E-state index contributed by atoms with van der Waals surface area (Å²) in [4.78, 5) is 25.2. The summed E-state index contributed by atoms with van der Waals surface area (Å²) in [5.41, 5.74) is 7.92. The summed E-state index contributed by atoms with van der Waals surface area (Å²) in [7, 11) is -2.10. The Hall–Kier alpha value is -4.74. The Kier molecular flexibility index (Phi) is 8.46. The van der Waals surface area contributed by atoms with E-state index in [2.05, 4.69) is 5.32 Å². The Morgan fingerprint density at radius 3 is 2.11 bits per heavy atom. The quantitative estimate of drug-likeness (QED) is 0.138. The number of anilines is 1. The summed E-state index contributed by atoms with van der Waals surface area (Å²) < 4.78 is 31.2. The third kappa shape index (κ3) is 7.15. The molecular weight excluding hydrogens is 510 g/mol. The van der Waals surface area contributed by atoms with Crippen molar-refractivity contribution in [2.45, 2.75) is 0 Å². The van der Waals surface area contributed by atoms with Gasteiger partial charge in [0.2, 0.25) is 0 Å². The van der Waals surface area contributed by atoms with Gasteiger partial charge in [-0.1, -0.05) is 24.3 Å². The largest absolute Gasteiger partial charge is 0.497 e. The van der Waals surface area contributed by atoms with Gasteiger partial charge in [-0.2, -0.15) is 8.42 Å². The highest BCUT2D eigenvalue weighted by atomic mass is 32.2. The number of carbonyl (C=O) groups excluding carboxylic acids is 1. The molecule has 0 atom stereocenters. The zero-order valence-electron chi connectivity index (χ0n) is 20.4. The minimum Gasteiger partial charge on any atom is -0.497 e. The van der Waals surface area contributed by atoms with Crippen LogP contribution < -0.4 is 15.8 Å². The van der Waals surface area contributed by atoms with E-state index in [1.54, 1.807) is 67.8 Å². The molecule has 6 N–H and O–H groups in total. The molecule has 0 aliphatic carbocycles. The fourth-order valence-corrected chi connectivity index (χ4v) is 3.65. The van der Waals surface area contributed by atoms with E-state index in [1.807, 2.05) is 12.1 Å². The number of methoxy groups -OCH3 is 1. The van der Waals surface area contributed by atoms with Crippen molar-refractivity contribution in [1.82, 2.24) is 0 Å². The van der Waals surface area contributed by atoms with Gasteiger partial charge in [0, 0.05) is 16.8 Å². The van der Waals surface area contributed by atoms with E-state index < -0.39 is 22.0 Å². The number of carboxylic acids is 1. The lowest BCUT2D eigenvalue weighted by atomic mass is 9.92. The molecule has 0 aromatic heterocycles. The molecule has 0 bridgehead atoms. The molecule has 196 valence electrons. The molecule has 0 aliphatic rings. The molecule has 0 saturated heterocycles. The molecule has 0 heterocycles. The topological polar surface area (TPSA) is 180 Å². The molecule has 11 heteroatoms. The molecule has 0 aliphatic heterocycles. The minimum atomic E-state index is -3.67. The molecular formula is C27H25N3O7S. The van der Waals surface area contributed by atoms with Crippen LogP contribution in [-0.4, -0.2) is 49.2 Å². The second-order valence-corrected chi connectivity index (χ2v) is 9.61. The van der Waals surface area contributed by atoms with Crippen molar-refractivity contribution in [3.63, 3.8) is 0 Å². The summed E-state index contributed by atoms with van der Waals surface area (Å²) in [5, 5.41) is 21.7. The Bertz CT molecular complexity index is 1620. The number of hydrogen-bond donors (Lipinski definition) is 5. The maximum Gasteiger partial charge on any atom is 0.336 e. The lowest BCUT2D eigenvalue weighted by Gasteiger charge is -2.15. The highest BCUT2D eigenvalue weighted by Gasteiger charge is 2.19. The number of hydrogen-bond acceptors (Lipinski definition) is 6. The number of amidine groups is 1. The van der Waals surface area contributed by atoms with Gasteiger partial charge in [-0.15, -0.1) is 0 Å². The van der Waals surface area contributed by atoms with E-state index in [4.69, 9.17) is 20.4 Å². The van der Waals surface area contributed by atoms with Crippen LogP contribution >= 0.6 is 0 Å². The number of rotatable bonds is 6. The van der Waals surface area contributed by atoms with Crippen molar-refractivity contribution >= 4 is 44.3 Å². The molecule has 0 radical (unpaired) electrons. The van der Waals surface area contributed by atoms with Crippen LogP contribution in [0.4, 0.5) is 5.69 Å². The number of nitrogen functional groups attached to an aromatic ring is 1. The molecule has 0 unspecified atom stereocenters. The van der Waals surface area contributed by atoms with Crippen LogP contribution in [0, 0.1) is 5.41 Å². The second kappa shape index (κ2) is 11.5. The molecule has 4 rings (SSSR count). The normalized spacial score (nSPS) is 10.7. The summed E-state index contributed by atoms with van der Waals surface area (Å²) in [6.45, 7) is 0. The number of carbonyl (C=O) groups is 2. The van der Waals surface area contributed by atoms with Gasteiger partial charge in [0.05, 0.1) is 18.9 Å². The average Bonchev–Trinajstić information content (AvgIpc) is 2.86. The first-order chi connectivity index (χ1) is 17.9. The first kappa shape index (κ1) is 27.8. The second-order valence-electron chi connectivity index (χ2n) is 8.14. The van der Waals surface area contributed by atoms with Gasteiger partial charge >= 0.3 is 5.97 Å². The monoisotopic (exact) mass is 535 g/mol. The van der Waals surface area contributed by atoms with Crippen LogP contribution in [0.5, 0.6) is 5.75 Å². The zero-order valence-corrected chi connectivity index (χ0v) is 21.2. The molecule has 38 heavy (non-hydrogen) atoms. The van der Waals surface area contributed by atoms with E-state index >= 15 is 0 Å². The minimum absolute atomic E-state index is 0.0644. The van der Waals surface area contributed by atoms with Crippen molar-refractivity contribution in [3.05, 3.63) is 95.6 Å². The molecule has 1 amide bonds. The maximum absolute atomic E-state index is 13.3. The van der Waals surface area contributed by atoms with Gasteiger partial charge in [-0.25, -0.2) is 4.79 Å². The predicted octanol–water partition coefficient (Wildman–Crippen LogP) is 4.25. The molecule has 4 aromatic carbocycles. The molecule has 0 fully saturated rings. The van der Waals surface area contributed by atoms with Gasteiger partial charge in [0.1, 0.15) is 11.6 Å². The third-order valence-electron chi connectivity index (χ3n) is 5.33. The first-order valence-corrected chi connectivity index (χ1v) is 12.8. The highest BCUT2D eigenvalue weighted by Crippen LogP contribution is 2.33. The molecule has 4 aromatic rings. The number of benzene rings is 4. The van der Waals surface area contributed by atoms with Gasteiger partial charge in [-0.3, -0.25) is 14.8 Å². The summed E-state index contributed by atoms with van der Waals surface area (Å²) in [6.07, 6.45) is 0.715. The average molecular weight is 536 g/mol. The number of nitrogens with one attached hydrogen (secondary N) is 2. The lowest BCUT2D eigenvalue weighted by Crippen LogP contribution is -2.15. The smallest absolute Gasteiger partial charge is 0.336 e. The van der Waals surface area contributed by atoms with E-state index in [0.717, 1.165) is 10.8 Å². The Morgan fingerprint density at radius 1 is 0.895 bits per heavy atom. The number of aromatic carboxylic acids is 1. The Morgan fingerprint density at radius 2 is 1.53 bits per heavy atom. The fraction of sp³-hybridized carbons (Fsp3) is 0.0741. The van der Waals surface area contributed by atoms with E-state index in [9.17, 15) is 23.1 Å². The van der Waals surface area contributed by atoms with Crippen LogP contribution in [0.2, 0.25) is 0 Å². The van der Waals surface area contributed by atoms with Crippen LogP contribution in [0.3, 0.4) is 0 Å². The van der Waals surface area contributed by atoms with E-state index in [-0.39, 0.29) is 11.4 Å². The number of nitrogens with two attached hydrogens (primary N) is 1. The Labute approximate surface area is 218 Å². The van der Waals surface area contributed by atoms with Gasteiger partial charge in [-0.05, 0) is 76.5 Å². The zero-order chi connectivity index (χ0) is 28.0. The van der Waals surface area contributed by atoms with Gasteiger partial charge < -0.3 is 20.9 Å². The molecule has 0 saturated carbocycles. The van der Waals surface area contributed by atoms with Crippen molar-refractivity contribution in [1.29, 1.82) is 5.41 Å². The van der Waals surface area contributed by atoms with E-state index in [0.29, 0.717) is 39.9 Å². The summed E-state index contributed by atoms with van der Waals surface area (Å²) >= 11 is 0. The maximum atomic E-state index is 13.3. The third-order valence-corrected chi connectivity index (χ3v) is 5.33. The summed E-state index contributed by atoms with van der Waals surface area (Å²) in [6, 6.07) is 22.2. The van der Waals surface area contributed by atoms with Crippen LogP contribution in [0.25, 0.3) is 21.9 Å². The number of ether oxygens (including phenoxy) is 1. The molecule has 10 nitrogen and oxygen atoms in total. The summed E-state index contributed by atoms with van der Waals surface area (Å²) in [5.74, 6) is -0.880. The predicted molar refractivity (Wildman–Crippen MR) is 146 cm³/mol. The van der Waals surface area contributed by atoms with Crippen molar-refractivity contribution in [3.8, 4) is 16.9 Å². The van der Waals surface area contributed by atoms with E-state index in [1.165, 1.54) is 6.07 Å². The lowest BCUT2D eigenvalue weighted by molar-refractivity contribution is 0.0697. The van der Waals surface area contributed by atoms with Crippen LogP contribution in [-0.2, 0) is 10.1 Å². The standard InChI is InChI=1S/C26H21N3O4.CH4O3S/c1-33-19-11-8-16-13-23(25(30)29-18-9-6-15(7-10-18)24(27)28)22(14-17(16)12-19)20-4-2-3-5-21(20)26(31)32;1-5(2,3)4/h2-14H,1H3,(H3,27,28)(H,29,30)(H,31,32);1H3,(H,2,3,4). The first-order valence-electron chi connectivity index (χ1n) is 11.0. The Balaban J connectivity index is 0.000000732. The highest BCUT2D eigenvalue weighted by molar-refractivity contribution is 7.85. The van der Waals surface area contributed by atoms with Gasteiger partial charge in [0.25, 0.3) is 16.0 Å². The molecule has 0 spiro atoms. The van der Waals surface area contributed by atoms with Crippen molar-refractivity contribution < 1.29 is 32.4 Å².